The molecule has 1 heteroatoms. The van der Waals surface area contributed by atoms with Crippen molar-refractivity contribution < 1.29 is 4.74 Å². The van der Waals surface area contributed by atoms with Gasteiger partial charge in [0.15, 0.2) is 0 Å². The maximum Gasteiger partial charge on any atom is 0.127 e. The molecule has 0 bridgehead atoms. The van der Waals surface area contributed by atoms with E-state index in [1.807, 2.05) is 56.3 Å². The number of aryl methyl sites for hydroxylation is 1. The Morgan fingerprint density at radius 1 is 1.00 bits per heavy atom. The SMILES string of the molecule is CC.Cc1ccc(OC2=CC=CCC=C2)cc1. The van der Waals surface area contributed by atoms with Gasteiger partial charge >= 0.3 is 0 Å². The van der Waals surface area contributed by atoms with Crippen LogP contribution in [0.4, 0.5) is 0 Å². The molecule has 0 saturated heterocycles. The van der Waals surface area contributed by atoms with Crippen LogP contribution in [0.25, 0.3) is 0 Å². The zero-order valence-corrected chi connectivity index (χ0v) is 10.8. The molecule has 0 spiro atoms. The van der Waals surface area contributed by atoms with Crippen LogP contribution in [0.3, 0.4) is 0 Å². The van der Waals surface area contributed by atoms with Crippen molar-refractivity contribution in [3.63, 3.8) is 0 Å². The standard InChI is InChI=1S/C14H14O.C2H6/c1-12-8-10-14(11-9-12)15-13-6-4-2-3-5-7-13;1-2/h2,4-11H,3H2,1H3;1-2H3. The molecule has 1 aromatic rings. The highest BCUT2D eigenvalue weighted by Crippen LogP contribution is 2.16. The molecule has 0 heterocycles. The monoisotopic (exact) mass is 228 g/mol. The van der Waals surface area contributed by atoms with E-state index in [-0.39, 0.29) is 0 Å². The fourth-order valence-corrected chi connectivity index (χ4v) is 1.37. The summed E-state index contributed by atoms with van der Waals surface area (Å²) in [4.78, 5) is 0. The number of ether oxygens (including phenoxy) is 1. The first kappa shape index (κ1) is 13.3. The third kappa shape index (κ3) is 4.73. The molecule has 0 unspecified atom stereocenters. The molecule has 0 N–H and O–H groups in total. The molecule has 1 aromatic carbocycles. The minimum absolute atomic E-state index is 0.881. The van der Waals surface area contributed by atoms with Crippen LogP contribution in [0.15, 0.2) is 60.4 Å². The van der Waals surface area contributed by atoms with Crippen LogP contribution in [-0.4, -0.2) is 0 Å². The number of hydrogen-bond acceptors (Lipinski definition) is 1. The van der Waals surface area contributed by atoms with Crippen molar-refractivity contribution in [3.8, 4) is 5.75 Å². The number of rotatable bonds is 2. The zero-order valence-electron chi connectivity index (χ0n) is 10.8. The van der Waals surface area contributed by atoms with Crippen molar-refractivity contribution in [1.29, 1.82) is 0 Å². The van der Waals surface area contributed by atoms with Crippen molar-refractivity contribution in [2.75, 3.05) is 0 Å². The highest BCUT2D eigenvalue weighted by Gasteiger charge is 1.97. The van der Waals surface area contributed by atoms with Crippen LogP contribution < -0.4 is 4.74 Å². The van der Waals surface area contributed by atoms with Gasteiger partial charge in [-0.25, -0.2) is 0 Å². The van der Waals surface area contributed by atoms with Crippen LogP contribution in [0.2, 0.25) is 0 Å². The molecular weight excluding hydrogens is 208 g/mol. The van der Waals surface area contributed by atoms with Gasteiger partial charge in [-0.2, -0.15) is 0 Å². The highest BCUT2D eigenvalue weighted by atomic mass is 16.5. The summed E-state index contributed by atoms with van der Waals surface area (Å²) in [6.07, 6.45) is 11.1. The largest absolute Gasteiger partial charge is 0.457 e. The van der Waals surface area contributed by atoms with Crippen molar-refractivity contribution in [2.45, 2.75) is 27.2 Å². The lowest BCUT2D eigenvalue weighted by Crippen LogP contribution is -1.91. The molecule has 17 heavy (non-hydrogen) atoms. The molecule has 0 atom stereocenters. The summed E-state index contributed by atoms with van der Waals surface area (Å²) in [7, 11) is 0. The molecule has 0 fully saturated rings. The summed E-state index contributed by atoms with van der Waals surface area (Å²) in [6.45, 7) is 6.07. The number of allylic oxidation sites excluding steroid dienone is 5. The summed E-state index contributed by atoms with van der Waals surface area (Å²) < 4.78 is 5.71. The average Bonchev–Trinajstić information content (AvgIpc) is 2.63. The Bertz CT molecular complexity index is 408. The first-order chi connectivity index (χ1) is 8.34. The maximum atomic E-state index is 5.71. The van der Waals surface area contributed by atoms with E-state index in [0.29, 0.717) is 0 Å². The Morgan fingerprint density at radius 2 is 1.71 bits per heavy atom. The summed E-state index contributed by atoms with van der Waals surface area (Å²) in [6, 6.07) is 8.07. The second-order valence-corrected chi connectivity index (χ2v) is 3.55. The minimum Gasteiger partial charge on any atom is -0.457 e. The fourth-order valence-electron chi connectivity index (χ4n) is 1.37. The second-order valence-electron chi connectivity index (χ2n) is 3.55. The summed E-state index contributed by atoms with van der Waals surface area (Å²) in [5.41, 5.74) is 1.24. The molecule has 0 radical (unpaired) electrons. The summed E-state index contributed by atoms with van der Waals surface area (Å²) in [5, 5.41) is 0. The molecule has 1 nitrogen and oxygen atoms in total. The Hall–Kier alpha value is -1.76. The van der Waals surface area contributed by atoms with Crippen LogP contribution in [0.5, 0.6) is 5.75 Å². The van der Waals surface area contributed by atoms with Crippen molar-refractivity contribution in [2.24, 2.45) is 0 Å². The lowest BCUT2D eigenvalue weighted by atomic mass is 10.2. The van der Waals surface area contributed by atoms with E-state index in [4.69, 9.17) is 4.74 Å². The van der Waals surface area contributed by atoms with Gasteiger partial charge < -0.3 is 4.74 Å². The number of benzene rings is 1. The van der Waals surface area contributed by atoms with Gasteiger partial charge in [-0.05, 0) is 37.6 Å². The van der Waals surface area contributed by atoms with Crippen LogP contribution >= 0.6 is 0 Å². The second kappa shape index (κ2) is 7.50. The first-order valence-corrected chi connectivity index (χ1v) is 6.12. The average molecular weight is 228 g/mol. The quantitative estimate of drug-likeness (QED) is 0.706. The van der Waals surface area contributed by atoms with Crippen molar-refractivity contribution in [3.05, 3.63) is 66.0 Å². The van der Waals surface area contributed by atoms with Crippen molar-refractivity contribution in [1.82, 2.24) is 0 Å². The third-order valence-corrected chi connectivity index (χ3v) is 2.21. The molecule has 0 amide bonds. The highest BCUT2D eigenvalue weighted by molar-refractivity contribution is 5.31. The van der Waals surface area contributed by atoms with E-state index in [2.05, 4.69) is 19.1 Å². The van der Waals surface area contributed by atoms with Crippen LogP contribution in [0, 0.1) is 6.92 Å². The van der Waals surface area contributed by atoms with E-state index in [1.54, 1.807) is 0 Å². The smallest absolute Gasteiger partial charge is 0.127 e. The molecule has 90 valence electrons. The van der Waals surface area contributed by atoms with Gasteiger partial charge in [0.05, 0.1) is 0 Å². The van der Waals surface area contributed by atoms with Gasteiger partial charge in [-0.3, -0.25) is 0 Å². The molecule has 0 saturated carbocycles. The lowest BCUT2D eigenvalue weighted by molar-refractivity contribution is 0.444. The Kier molecular flexibility index (Phi) is 5.87. The predicted octanol–water partition coefficient (Wildman–Crippen LogP) is 4.80. The molecular formula is C16H20O. The summed E-state index contributed by atoms with van der Waals surface area (Å²) in [5.74, 6) is 1.76. The Morgan fingerprint density at radius 3 is 2.41 bits per heavy atom. The van der Waals surface area contributed by atoms with Gasteiger partial charge in [0, 0.05) is 0 Å². The molecule has 1 aliphatic carbocycles. The van der Waals surface area contributed by atoms with Gasteiger partial charge in [0.1, 0.15) is 11.5 Å². The molecule has 1 aliphatic rings. The minimum atomic E-state index is 0.881. The Labute approximate surface area is 104 Å². The zero-order chi connectivity index (χ0) is 12.5. The number of hydrogen-bond donors (Lipinski definition) is 0. The lowest BCUT2D eigenvalue weighted by Gasteiger charge is -2.05. The van der Waals surface area contributed by atoms with E-state index in [1.165, 1.54) is 5.56 Å². The van der Waals surface area contributed by atoms with Crippen LogP contribution in [-0.2, 0) is 0 Å². The van der Waals surface area contributed by atoms with Gasteiger partial charge in [0.2, 0.25) is 0 Å². The van der Waals surface area contributed by atoms with E-state index in [0.717, 1.165) is 17.9 Å². The third-order valence-electron chi connectivity index (χ3n) is 2.21. The van der Waals surface area contributed by atoms with Crippen molar-refractivity contribution >= 4 is 0 Å². The van der Waals surface area contributed by atoms with E-state index < -0.39 is 0 Å². The topological polar surface area (TPSA) is 9.23 Å². The van der Waals surface area contributed by atoms with Gasteiger partial charge in [0.25, 0.3) is 0 Å². The fraction of sp³-hybridized carbons (Fsp3) is 0.250. The molecule has 2 rings (SSSR count). The maximum absolute atomic E-state index is 5.71. The Balaban J connectivity index is 0.000000686. The van der Waals surface area contributed by atoms with E-state index in [9.17, 15) is 0 Å². The molecule has 0 aliphatic heterocycles. The normalized spacial score (nSPS) is 13.2. The van der Waals surface area contributed by atoms with Gasteiger partial charge in [-0.1, -0.05) is 49.8 Å². The first-order valence-electron chi connectivity index (χ1n) is 6.12. The van der Waals surface area contributed by atoms with E-state index >= 15 is 0 Å². The van der Waals surface area contributed by atoms with Crippen LogP contribution in [0.1, 0.15) is 25.8 Å². The molecule has 0 aromatic heterocycles. The predicted molar refractivity (Wildman–Crippen MR) is 74.1 cm³/mol. The summed E-state index contributed by atoms with van der Waals surface area (Å²) >= 11 is 0. The van der Waals surface area contributed by atoms with Gasteiger partial charge in [-0.15, -0.1) is 0 Å².